The number of benzene rings is 3. The summed E-state index contributed by atoms with van der Waals surface area (Å²) in [7, 11) is 0. The van der Waals surface area contributed by atoms with Gasteiger partial charge in [-0.2, -0.15) is 0 Å². The van der Waals surface area contributed by atoms with Crippen molar-refractivity contribution in [3.05, 3.63) is 95.6 Å². The molecule has 0 saturated carbocycles. The first-order valence-corrected chi connectivity index (χ1v) is 14.0. The number of hydrogen-bond donors (Lipinski definition) is 2. The van der Waals surface area contributed by atoms with Crippen molar-refractivity contribution in [1.82, 2.24) is 5.32 Å². The van der Waals surface area contributed by atoms with Crippen LogP contribution in [0.15, 0.2) is 78.9 Å². The Hall–Kier alpha value is -3.61. The zero-order valence-electron chi connectivity index (χ0n) is 24.4. The minimum Gasteiger partial charge on any atom is -0.491 e. The van der Waals surface area contributed by atoms with Crippen molar-refractivity contribution in [2.75, 3.05) is 26.5 Å². The molecule has 0 aliphatic heterocycles. The minimum atomic E-state index is -0.576. The molecule has 214 valence electrons. The normalized spacial score (nSPS) is 12.8. The standard InChI is InChI=1S/C34H43NO5/c1-6-21-35-22-28(36)23-38-29-17-13-26(14-18-29)32(31(7-2)25-11-9-8-10-12-25)27-15-19-30(20-16-27)39-24-40-33(37)34(3,4)5/h8-20,28,35-36H,6-7,21-24H2,1-5H3/b32-31+. The molecule has 0 aliphatic rings. The number of aliphatic hydroxyl groups excluding tert-OH is 1. The second-order valence-electron chi connectivity index (χ2n) is 10.7. The van der Waals surface area contributed by atoms with Crippen molar-refractivity contribution < 1.29 is 24.1 Å². The average molecular weight is 546 g/mol. The summed E-state index contributed by atoms with van der Waals surface area (Å²) in [4.78, 5) is 12.0. The lowest BCUT2D eigenvalue weighted by Crippen LogP contribution is -2.31. The van der Waals surface area contributed by atoms with Gasteiger partial charge in [-0.05, 0) is 92.3 Å². The van der Waals surface area contributed by atoms with Gasteiger partial charge in [-0.15, -0.1) is 0 Å². The highest BCUT2D eigenvalue weighted by Crippen LogP contribution is 2.35. The van der Waals surface area contributed by atoms with Gasteiger partial charge >= 0.3 is 5.97 Å². The Kier molecular flexibility index (Phi) is 11.8. The third-order valence-electron chi connectivity index (χ3n) is 6.34. The molecule has 0 spiro atoms. The molecule has 6 heteroatoms. The number of hydrogen-bond acceptors (Lipinski definition) is 6. The maximum absolute atomic E-state index is 12.0. The van der Waals surface area contributed by atoms with Crippen molar-refractivity contribution in [3.8, 4) is 11.5 Å². The molecular formula is C34H43NO5. The number of rotatable bonds is 14. The van der Waals surface area contributed by atoms with Crippen LogP contribution in [0, 0.1) is 5.41 Å². The van der Waals surface area contributed by atoms with E-state index in [9.17, 15) is 9.90 Å². The van der Waals surface area contributed by atoms with E-state index in [1.165, 1.54) is 5.57 Å². The van der Waals surface area contributed by atoms with E-state index in [2.05, 4.69) is 55.6 Å². The molecule has 40 heavy (non-hydrogen) atoms. The molecule has 1 atom stereocenters. The fourth-order valence-corrected chi connectivity index (χ4v) is 4.18. The number of ether oxygens (including phenoxy) is 3. The highest BCUT2D eigenvalue weighted by molar-refractivity contribution is 5.98. The number of nitrogens with one attached hydrogen (secondary N) is 1. The zero-order valence-corrected chi connectivity index (χ0v) is 24.4. The van der Waals surface area contributed by atoms with Crippen molar-refractivity contribution >= 4 is 17.1 Å². The van der Waals surface area contributed by atoms with Gasteiger partial charge in [0.1, 0.15) is 24.2 Å². The summed E-state index contributed by atoms with van der Waals surface area (Å²) in [5.74, 6) is 1.03. The van der Waals surface area contributed by atoms with E-state index in [-0.39, 0.29) is 19.4 Å². The molecule has 2 N–H and O–H groups in total. The Morgan fingerprint density at radius 3 is 1.93 bits per heavy atom. The maximum Gasteiger partial charge on any atom is 0.314 e. The molecule has 6 nitrogen and oxygen atoms in total. The number of allylic oxidation sites excluding steroid dienone is 1. The second kappa shape index (κ2) is 15.2. The summed E-state index contributed by atoms with van der Waals surface area (Å²) in [6, 6.07) is 26.2. The number of aliphatic hydroxyl groups is 1. The molecule has 0 saturated heterocycles. The quantitative estimate of drug-likeness (QED) is 0.101. The Balaban J connectivity index is 1.82. The van der Waals surface area contributed by atoms with Crippen LogP contribution in [-0.2, 0) is 9.53 Å². The van der Waals surface area contributed by atoms with Crippen molar-refractivity contribution in [1.29, 1.82) is 0 Å². The molecule has 1 unspecified atom stereocenters. The van der Waals surface area contributed by atoms with E-state index in [4.69, 9.17) is 14.2 Å². The third-order valence-corrected chi connectivity index (χ3v) is 6.34. The van der Waals surface area contributed by atoms with Gasteiger partial charge in [-0.1, -0.05) is 68.4 Å². The van der Waals surface area contributed by atoms with Gasteiger partial charge in [0.05, 0.1) is 5.41 Å². The van der Waals surface area contributed by atoms with E-state index in [0.29, 0.717) is 18.0 Å². The Labute approximate surface area is 239 Å². The van der Waals surface area contributed by atoms with Gasteiger partial charge in [-0.25, -0.2) is 0 Å². The largest absolute Gasteiger partial charge is 0.491 e. The van der Waals surface area contributed by atoms with Gasteiger partial charge in [0, 0.05) is 6.54 Å². The van der Waals surface area contributed by atoms with Crippen LogP contribution in [0.4, 0.5) is 0 Å². The lowest BCUT2D eigenvalue weighted by Gasteiger charge is -2.18. The summed E-state index contributed by atoms with van der Waals surface area (Å²) in [6.07, 6.45) is 1.30. The molecule has 0 amide bonds. The summed E-state index contributed by atoms with van der Waals surface area (Å²) < 4.78 is 16.8. The Bertz CT molecular complexity index is 1210. The predicted molar refractivity (Wildman–Crippen MR) is 161 cm³/mol. The topological polar surface area (TPSA) is 77.0 Å². The fraction of sp³-hybridized carbons (Fsp3) is 0.382. The molecule has 3 aromatic rings. The number of carbonyl (C=O) groups excluding carboxylic acids is 1. The smallest absolute Gasteiger partial charge is 0.314 e. The van der Waals surface area contributed by atoms with Crippen molar-refractivity contribution in [2.24, 2.45) is 5.41 Å². The van der Waals surface area contributed by atoms with Crippen LogP contribution >= 0.6 is 0 Å². The predicted octanol–water partition coefficient (Wildman–Crippen LogP) is 6.72. The van der Waals surface area contributed by atoms with Crippen LogP contribution in [0.3, 0.4) is 0 Å². The molecule has 0 aliphatic carbocycles. The lowest BCUT2D eigenvalue weighted by molar-refractivity contribution is -0.159. The molecule has 0 fully saturated rings. The van der Waals surface area contributed by atoms with E-state index in [1.807, 2.05) is 63.2 Å². The van der Waals surface area contributed by atoms with Crippen LogP contribution in [0.25, 0.3) is 11.1 Å². The maximum atomic E-state index is 12.0. The van der Waals surface area contributed by atoms with Gasteiger partial charge < -0.3 is 24.6 Å². The molecule has 0 heterocycles. The molecule has 0 radical (unpaired) electrons. The molecule has 3 aromatic carbocycles. The average Bonchev–Trinajstić information content (AvgIpc) is 2.95. The van der Waals surface area contributed by atoms with Gasteiger partial charge in [0.2, 0.25) is 6.79 Å². The molecule has 0 aromatic heterocycles. The molecular weight excluding hydrogens is 502 g/mol. The van der Waals surface area contributed by atoms with Crippen LogP contribution in [0.5, 0.6) is 11.5 Å². The van der Waals surface area contributed by atoms with Crippen LogP contribution in [-0.4, -0.2) is 43.7 Å². The first-order chi connectivity index (χ1) is 19.2. The second-order valence-corrected chi connectivity index (χ2v) is 10.7. The van der Waals surface area contributed by atoms with E-state index < -0.39 is 11.5 Å². The van der Waals surface area contributed by atoms with E-state index >= 15 is 0 Å². The number of esters is 1. The minimum absolute atomic E-state index is 0.132. The monoisotopic (exact) mass is 545 g/mol. The van der Waals surface area contributed by atoms with Crippen LogP contribution < -0.4 is 14.8 Å². The van der Waals surface area contributed by atoms with E-state index in [1.54, 1.807) is 0 Å². The van der Waals surface area contributed by atoms with E-state index in [0.717, 1.165) is 41.6 Å². The Morgan fingerprint density at radius 2 is 1.40 bits per heavy atom. The lowest BCUT2D eigenvalue weighted by atomic mass is 9.88. The molecule has 3 rings (SSSR count). The zero-order chi connectivity index (χ0) is 29.0. The first kappa shape index (κ1) is 30.9. The summed E-state index contributed by atoms with van der Waals surface area (Å²) in [6.45, 7) is 11.2. The van der Waals surface area contributed by atoms with Crippen LogP contribution in [0.2, 0.25) is 0 Å². The first-order valence-electron chi connectivity index (χ1n) is 14.0. The summed E-state index contributed by atoms with van der Waals surface area (Å²) >= 11 is 0. The summed E-state index contributed by atoms with van der Waals surface area (Å²) in [5, 5.41) is 13.4. The highest BCUT2D eigenvalue weighted by Gasteiger charge is 2.23. The Morgan fingerprint density at radius 1 is 0.825 bits per heavy atom. The van der Waals surface area contributed by atoms with Gasteiger partial charge in [0.15, 0.2) is 0 Å². The fourth-order valence-electron chi connectivity index (χ4n) is 4.18. The highest BCUT2D eigenvalue weighted by atomic mass is 16.7. The summed E-state index contributed by atoms with van der Waals surface area (Å²) in [5.41, 5.74) is 5.04. The third kappa shape index (κ3) is 9.25. The van der Waals surface area contributed by atoms with Crippen molar-refractivity contribution in [2.45, 2.75) is 53.6 Å². The molecule has 0 bridgehead atoms. The van der Waals surface area contributed by atoms with Gasteiger partial charge in [0.25, 0.3) is 0 Å². The van der Waals surface area contributed by atoms with Gasteiger partial charge in [-0.3, -0.25) is 4.79 Å². The number of carbonyl (C=O) groups is 1. The van der Waals surface area contributed by atoms with Crippen LogP contribution in [0.1, 0.15) is 64.2 Å². The SMILES string of the molecule is CCCNCC(O)COc1ccc(/C(=C(/CC)c2ccccc2)c2ccc(OCOC(=O)C(C)(C)C)cc2)cc1. The van der Waals surface area contributed by atoms with Crippen molar-refractivity contribution in [3.63, 3.8) is 0 Å².